The van der Waals surface area contributed by atoms with Gasteiger partial charge in [-0.05, 0) is 50.5 Å². The summed E-state index contributed by atoms with van der Waals surface area (Å²) in [5, 5.41) is 22.0. The fraction of sp³-hybridized carbons (Fsp3) is 0.303. The molecule has 3 aromatic carbocycles. The highest BCUT2D eigenvalue weighted by molar-refractivity contribution is 6.33. The first-order valence-electron chi connectivity index (χ1n) is 13.8. The maximum atomic E-state index is 14.5. The molecule has 3 atom stereocenters. The van der Waals surface area contributed by atoms with Crippen molar-refractivity contribution in [2.45, 2.75) is 57.7 Å². The summed E-state index contributed by atoms with van der Waals surface area (Å²) in [5.74, 6) is -4.37. The molecule has 0 amide bonds. The molecule has 0 aliphatic carbocycles. The molecule has 6 nitrogen and oxygen atoms in total. The molecule has 0 bridgehead atoms. The van der Waals surface area contributed by atoms with E-state index in [1.807, 2.05) is 0 Å². The Labute approximate surface area is 253 Å². The van der Waals surface area contributed by atoms with Crippen molar-refractivity contribution < 1.29 is 33.0 Å². The van der Waals surface area contributed by atoms with Gasteiger partial charge in [-0.15, -0.1) is 0 Å². The van der Waals surface area contributed by atoms with E-state index in [-0.39, 0.29) is 24.4 Å². The van der Waals surface area contributed by atoms with Gasteiger partial charge in [-0.1, -0.05) is 86.1 Å². The molecular weight excluding hydrogens is 581 g/mol. The Morgan fingerprint density at radius 3 is 2.05 bits per heavy atom. The van der Waals surface area contributed by atoms with E-state index in [1.165, 1.54) is 32.0 Å². The van der Waals surface area contributed by atoms with Gasteiger partial charge in [0.1, 0.15) is 5.84 Å². The minimum Gasteiger partial charge on any atom is -0.481 e. The largest absolute Gasteiger partial charge is 0.481 e. The van der Waals surface area contributed by atoms with E-state index in [4.69, 9.17) is 16.6 Å². The van der Waals surface area contributed by atoms with Crippen LogP contribution >= 0.6 is 11.6 Å². The number of aliphatic imine (C=N–C) groups is 1. The van der Waals surface area contributed by atoms with Crippen molar-refractivity contribution in [2.24, 2.45) is 10.9 Å². The molecule has 3 aromatic rings. The van der Waals surface area contributed by atoms with E-state index in [2.05, 4.69) is 0 Å². The van der Waals surface area contributed by atoms with E-state index >= 15 is 0 Å². The first kappa shape index (κ1) is 31.8. The molecule has 43 heavy (non-hydrogen) atoms. The van der Waals surface area contributed by atoms with Crippen molar-refractivity contribution in [3.8, 4) is 0 Å². The Hall–Kier alpha value is -4.11. The first-order chi connectivity index (χ1) is 20.3. The standard InChI is InChI=1S/C33H32ClF3N2O4/c1-5-31(4)27(30(42)43)32(6-2,22-16-10-11-17-23(22)33(35,36)37)26(29(40)41)20(3)39(31)28(21-14-8-7-9-15-21)38-25-19-13-12-18-24(25)34/h7-19,27H,5-6H2,1-4H3,(H,40,41)(H,42,43). The van der Waals surface area contributed by atoms with Gasteiger partial charge in [0.25, 0.3) is 0 Å². The molecule has 0 fully saturated rings. The molecule has 10 heteroatoms. The number of amidine groups is 1. The Morgan fingerprint density at radius 2 is 1.51 bits per heavy atom. The molecule has 0 saturated carbocycles. The van der Waals surface area contributed by atoms with E-state index < -0.39 is 51.7 Å². The third-order valence-corrected chi connectivity index (χ3v) is 8.86. The van der Waals surface area contributed by atoms with Crippen LogP contribution in [-0.2, 0) is 21.2 Å². The number of aliphatic carboxylic acids is 2. The quantitative estimate of drug-likeness (QED) is 0.207. The second-order valence-electron chi connectivity index (χ2n) is 10.7. The molecule has 0 spiro atoms. The van der Waals surface area contributed by atoms with Gasteiger partial charge < -0.3 is 15.1 Å². The number of hydrogen-bond donors (Lipinski definition) is 2. The number of halogens is 4. The normalized spacial score (nSPS) is 22.9. The number of benzene rings is 3. The van der Waals surface area contributed by atoms with Crippen LogP contribution in [0, 0.1) is 5.92 Å². The molecule has 226 valence electrons. The van der Waals surface area contributed by atoms with Gasteiger partial charge in [-0.25, -0.2) is 9.79 Å². The first-order valence-corrected chi connectivity index (χ1v) is 14.2. The number of allylic oxidation sites excluding steroid dienone is 1. The highest BCUT2D eigenvalue weighted by Crippen LogP contribution is 2.57. The number of carboxylic acids is 2. The Kier molecular flexibility index (Phi) is 8.79. The van der Waals surface area contributed by atoms with E-state index in [1.54, 1.807) is 73.3 Å². The third kappa shape index (κ3) is 5.31. The molecular formula is C33H32ClF3N2O4. The van der Waals surface area contributed by atoms with Gasteiger partial charge in [0.15, 0.2) is 0 Å². The van der Waals surface area contributed by atoms with Gasteiger partial charge in [-0.2, -0.15) is 13.2 Å². The number of nitrogens with zero attached hydrogens (tertiary/aromatic N) is 2. The summed E-state index contributed by atoms with van der Waals surface area (Å²) in [7, 11) is 0. The molecule has 3 unspecified atom stereocenters. The van der Waals surface area contributed by atoms with E-state index in [9.17, 15) is 33.0 Å². The van der Waals surface area contributed by atoms with Gasteiger partial charge in [0.05, 0.1) is 33.3 Å². The van der Waals surface area contributed by atoms with Crippen LogP contribution in [0.5, 0.6) is 0 Å². The predicted molar refractivity (Wildman–Crippen MR) is 160 cm³/mol. The van der Waals surface area contributed by atoms with Crippen LogP contribution in [0.2, 0.25) is 5.02 Å². The molecule has 1 heterocycles. The maximum absolute atomic E-state index is 14.5. The number of alkyl halides is 3. The van der Waals surface area contributed by atoms with Crippen LogP contribution in [-0.4, -0.2) is 38.4 Å². The number of rotatable bonds is 7. The van der Waals surface area contributed by atoms with Crippen LogP contribution in [0.3, 0.4) is 0 Å². The highest BCUT2D eigenvalue weighted by Gasteiger charge is 2.64. The topological polar surface area (TPSA) is 90.2 Å². The third-order valence-electron chi connectivity index (χ3n) is 8.54. The van der Waals surface area contributed by atoms with Gasteiger partial charge in [-0.3, -0.25) is 4.79 Å². The van der Waals surface area contributed by atoms with Crippen LogP contribution in [0.25, 0.3) is 0 Å². The van der Waals surface area contributed by atoms with Crippen LogP contribution < -0.4 is 0 Å². The SMILES string of the molecule is CCC1(c2ccccc2C(F)(F)F)C(C(=O)O)=C(C)N(C(=Nc2ccccc2Cl)c2ccccc2)C(C)(CC)C1C(=O)O. The lowest BCUT2D eigenvalue weighted by molar-refractivity contribution is -0.154. The summed E-state index contributed by atoms with van der Waals surface area (Å²) in [6.45, 7) is 6.40. The second kappa shape index (κ2) is 11.9. The van der Waals surface area contributed by atoms with Crippen molar-refractivity contribution in [1.29, 1.82) is 0 Å². The average Bonchev–Trinajstić information content (AvgIpc) is 2.96. The van der Waals surface area contributed by atoms with Crippen molar-refractivity contribution in [2.75, 3.05) is 0 Å². The van der Waals surface area contributed by atoms with Crippen LogP contribution in [0.15, 0.2) is 95.1 Å². The Bertz CT molecular complexity index is 1600. The van der Waals surface area contributed by atoms with Gasteiger partial charge >= 0.3 is 18.1 Å². The lowest BCUT2D eigenvalue weighted by Crippen LogP contribution is -2.66. The van der Waals surface area contributed by atoms with Crippen LogP contribution in [0.4, 0.5) is 18.9 Å². The summed E-state index contributed by atoms with van der Waals surface area (Å²) >= 11 is 6.47. The second-order valence-corrected chi connectivity index (χ2v) is 11.1. The minimum absolute atomic E-state index is 0.0860. The zero-order valence-electron chi connectivity index (χ0n) is 24.1. The summed E-state index contributed by atoms with van der Waals surface area (Å²) in [4.78, 5) is 33.1. The van der Waals surface area contributed by atoms with Crippen molar-refractivity contribution >= 4 is 35.1 Å². The van der Waals surface area contributed by atoms with Crippen molar-refractivity contribution in [1.82, 2.24) is 4.90 Å². The number of hydrogen-bond acceptors (Lipinski definition) is 3. The monoisotopic (exact) mass is 612 g/mol. The number of carboxylic acid groups (broad SMARTS) is 2. The molecule has 4 rings (SSSR count). The molecule has 1 aliphatic rings. The zero-order chi connectivity index (χ0) is 31.7. The van der Waals surface area contributed by atoms with E-state index in [0.717, 1.165) is 6.07 Å². The zero-order valence-corrected chi connectivity index (χ0v) is 24.9. The maximum Gasteiger partial charge on any atom is 0.416 e. The fourth-order valence-electron chi connectivity index (χ4n) is 6.68. The summed E-state index contributed by atoms with van der Waals surface area (Å²) in [6, 6.07) is 20.2. The van der Waals surface area contributed by atoms with E-state index in [0.29, 0.717) is 16.3 Å². The predicted octanol–water partition coefficient (Wildman–Crippen LogP) is 8.33. The van der Waals surface area contributed by atoms with Gasteiger partial charge in [0.2, 0.25) is 0 Å². The molecule has 0 saturated heterocycles. The van der Waals surface area contributed by atoms with Crippen molar-refractivity contribution in [3.63, 3.8) is 0 Å². The Morgan fingerprint density at radius 1 is 0.930 bits per heavy atom. The summed E-state index contributed by atoms with van der Waals surface area (Å²) in [5.41, 5.74) is -4.44. The smallest absolute Gasteiger partial charge is 0.416 e. The molecule has 1 aliphatic heterocycles. The molecule has 2 N–H and O–H groups in total. The lowest BCUT2D eigenvalue weighted by Gasteiger charge is -2.58. The molecule has 0 aromatic heterocycles. The average molecular weight is 613 g/mol. The number of para-hydroxylation sites is 1. The molecule has 0 radical (unpaired) electrons. The summed E-state index contributed by atoms with van der Waals surface area (Å²) in [6.07, 6.45) is -4.96. The van der Waals surface area contributed by atoms with Crippen LogP contribution in [0.1, 0.15) is 57.2 Å². The highest BCUT2D eigenvalue weighted by atomic mass is 35.5. The van der Waals surface area contributed by atoms with Crippen molar-refractivity contribution in [3.05, 3.63) is 112 Å². The Balaban J connectivity index is 2.23. The number of carbonyl (C=O) groups is 2. The fourth-order valence-corrected chi connectivity index (χ4v) is 6.85. The lowest BCUT2D eigenvalue weighted by atomic mass is 9.53. The van der Waals surface area contributed by atoms with Gasteiger partial charge in [0, 0.05) is 16.7 Å². The summed E-state index contributed by atoms with van der Waals surface area (Å²) < 4.78 is 43.5. The minimum atomic E-state index is -4.86.